The summed E-state index contributed by atoms with van der Waals surface area (Å²) in [6, 6.07) is 10.6. The number of halogens is 2. The number of hydrogen-bond acceptors (Lipinski definition) is 4. The maximum atomic E-state index is 13.4. The van der Waals surface area contributed by atoms with E-state index >= 15 is 0 Å². The largest absolute Gasteiger partial charge is 0.324 e. The first-order valence-corrected chi connectivity index (χ1v) is 11.2. The third kappa shape index (κ3) is 3.23. The Morgan fingerprint density at radius 2 is 1.89 bits per heavy atom. The number of nitrogens with one attached hydrogen (secondary N) is 1. The second-order valence-corrected chi connectivity index (χ2v) is 9.86. The molecule has 0 fully saturated rings. The van der Waals surface area contributed by atoms with Crippen LogP contribution in [0, 0.1) is 12.7 Å². The van der Waals surface area contributed by atoms with Gasteiger partial charge in [0.1, 0.15) is 10.7 Å². The molecule has 3 aromatic rings. The van der Waals surface area contributed by atoms with Crippen LogP contribution in [0.2, 0.25) is 5.02 Å². The van der Waals surface area contributed by atoms with Crippen LogP contribution in [0.15, 0.2) is 57.6 Å². The third-order valence-electron chi connectivity index (χ3n) is 4.71. The third-order valence-corrected chi connectivity index (χ3v) is 8.08. The van der Waals surface area contributed by atoms with Crippen molar-refractivity contribution in [3.05, 3.63) is 74.7 Å². The second-order valence-electron chi connectivity index (χ2n) is 6.63. The van der Waals surface area contributed by atoms with Crippen LogP contribution in [0.3, 0.4) is 0 Å². The maximum Gasteiger partial charge on any atom is 0.225 e. The molecule has 1 aliphatic rings. The molecule has 1 amide bonds. The highest BCUT2D eigenvalue weighted by molar-refractivity contribution is 7.91. The van der Waals surface area contributed by atoms with Gasteiger partial charge in [0, 0.05) is 27.6 Å². The molecule has 4 rings (SSSR count). The average Bonchev–Trinajstić information content (AvgIpc) is 3.06. The van der Waals surface area contributed by atoms with Crippen LogP contribution >= 0.6 is 22.9 Å². The Morgan fingerprint density at radius 1 is 1.18 bits per heavy atom. The van der Waals surface area contributed by atoms with E-state index in [1.54, 1.807) is 30.3 Å². The molecule has 144 valence electrons. The van der Waals surface area contributed by atoms with Gasteiger partial charge in [-0.05, 0) is 36.8 Å². The average molecular weight is 436 g/mol. The lowest BCUT2D eigenvalue weighted by Crippen LogP contribution is -2.23. The molecule has 0 saturated heterocycles. The molecule has 4 nitrogen and oxygen atoms in total. The van der Waals surface area contributed by atoms with Crippen molar-refractivity contribution >= 4 is 44.4 Å². The van der Waals surface area contributed by atoms with E-state index in [1.807, 2.05) is 6.92 Å². The topological polar surface area (TPSA) is 63.2 Å². The van der Waals surface area contributed by atoms with Gasteiger partial charge >= 0.3 is 0 Å². The zero-order chi connectivity index (χ0) is 20.1. The van der Waals surface area contributed by atoms with Gasteiger partial charge in [-0.1, -0.05) is 35.4 Å². The summed E-state index contributed by atoms with van der Waals surface area (Å²) < 4.78 is 39.7. The lowest BCUT2D eigenvalue weighted by atomic mass is 9.90. The number of thiophene rings is 1. The van der Waals surface area contributed by atoms with E-state index in [-0.39, 0.29) is 32.8 Å². The molecule has 0 aliphatic carbocycles. The Kier molecular flexibility index (Phi) is 4.77. The minimum Gasteiger partial charge on any atom is -0.324 e. The molecule has 28 heavy (non-hydrogen) atoms. The van der Waals surface area contributed by atoms with E-state index in [0.29, 0.717) is 10.4 Å². The molecule has 2 aromatic carbocycles. The van der Waals surface area contributed by atoms with Gasteiger partial charge in [0.25, 0.3) is 0 Å². The van der Waals surface area contributed by atoms with Crippen molar-refractivity contribution in [2.24, 2.45) is 0 Å². The van der Waals surface area contributed by atoms with Gasteiger partial charge < -0.3 is 5.32 Å². The Bertz CT molecular complexity index is 1190. The van der Waals surface area contributed by atoms with Gasteiger partial charge in [-0.3, -0.25) is 4.79 Å². The van der Waals surface area contributed by atoms with Crippen molar-refractivity contribution in [1.82, 2.24) is 0 Å². The van der Waals surface area contributed by atoms with Gasteiger partial charge in [-0.2, -0.15) is 0 Å². The molecular weight excluding hydrogens is 421 g/mol. The smallest absolute Gasteiger partial charge is 0.225 e. The summed E-state index contributed by atoms with van der Waals surface area (Å²) in [6.45, 7) is 1.88. The molecule has 0 unspecified atom stereocenters. The summed E-state index contributed by atoms with van der Waals surface area (Å²) in [5.74, 6) is -1.21. The standard InChI is InChI=1S/C20H15ClFNO3S2/c1-11-2-5-13(6-3-11)28(25,26)17-10-27-20-15(9-18(24)23-19(17)20)14-7-4-12(22)8-16(14)21/h2-8,10,15H,9H2,1H3,(H,23,24)/t15-/m1/s1. The zero-order valence-electron chi connectivity index (χ0n) is 14.7. The molecule has 0 saturated carbocycles. The van der Waals surface area contributed by atoms with Gasteiger partial charge in [0.05, 0.1) is 10.6 Å². The summed E-state index contributed by atoms with van der Waals surface area (Å²) in [7, 11) is -3.80. The Hall–Kier alpha value is -2.22. The van der Waals surface area contributed by atoms with E-state index in [0.717, 1.165) is 5.56 Å². The van der Waals surface area contributed by atoms with Crippen LogP contribution in [0.5, 0.6) is 0 Å². The summed E-state index contributed by atoms with van der Waals surface area (Å²) in [6.07, 6.45) is 0.114. The van der Waals surface area contributed by atoms with E-state index in [4.69, 9.17) is 11.6 Å². The van der Waals surface area contributed by atoms with Gasteiger partial charge in [0.2, 0.25) is 15.7 Å². The first kappa shape index (κ1) is 19.1. The van der Waals surface area contributed by atoms with Crippen molar-refractivity contribution in [1.29, 1.82) is 0 Å². The highest BCUT2D eigenvalue weighted by Gasteiger charge is 2.35. The van der Waals surface area contributed by atoms with Gasteiger partial charge in [-0.15, -0.1) is 11.3 Å². The summed E-state index contributed by atoms with van der Waals surface area (Å²) >= 11 is 7.45. The summed E-state index contributed by atoms with van der Waals surface area (Å²) in [5, 5.41) is 4.45. The van der Waals surface area contributed by atoms with Crippen molar-refractivity contribution < 1.29 is 17.6 Å². The fourth-order valence-electron chi connectivity index (χ4n) is 3.28. The molecule has 1 aliphatic heterocycles. The number of fused-ring (bicyclic) bond motifs is 1. The number of hydrogen-bond donors (Lipinski definition) is 1. The Morgan fingerprint density at radius 3 is 2.57 bits per heavy atom. The number of sulfone groups is 1. The summed E-state index contributed by atoms with van der Waals surface area (Å²) in [5.41, 5.74) is 1.83. The van der Waals surface area contributed by atoms with E-state index in [9.17, 15) is 17.6 Å². The fraction of sp³-hybridized carbons (Fsp3) is 0.150. The van der Waals surface area contributed by atoms with E-state index in [2.05, 4.69) is 5.32 Å². The molecule has 0 bridgehead atoms. The monoisotopic (exact) mass is 435 g/mol. The number of benzene rings is 2. The van der Waals surface area contributed by atoms with Gasteiger partial charge in [-0.25, -0.2) is 12.8 Å². The number of anilines is 1. The van der Waals surface area contributed by atoms with Crippen molar-refractivity contribution in [3.63, 3.8) is 0 Å². The molecular formula is C20H15ClFNO3S2. The fourth-order valence-corrected chi connectivity index (χ4v) is 6.48. The molecule has 8 heteroatoms. The minimum absolute atomic E-state index is 0.0626. The van der Waals surface area contributed by atoms with Crippen molar-refractivity contribution in [2.45, 2.75) is 29.1 Å². The second kappa shape index (κ2) is 6.99. The predicted molar refractivity (Wildman–Crippen MR) is 107 cm³/mol. The lowest BCUT2D eigenvalue weighted by Gasteiger charge is -2.24. The summed E-state index contributed by atoms with van der Waals surface area (Å²) in [4.78, 5) is 13.2. The normalized spacial score (nSPS) is 16.5. The predicted octanol–water partition coefficient (Wildman–Crippen LogP) is 5.16. The number of aryl methyl sites for hydroxylation is 1. The van der Waals surface area contributed by atoms with E-state index in [1.165, 1.54) is 28.8 Å². The molecule has 1 atom stereocenters. The van der Waals surface area contributed by atoms with Crippen LogP contribution in [0.1, 0.15) is 28.3 Å². The maximum absolute atomic E-state index is 13.4. The number of amides is 1. The van der Waals surface area contributed by atoms with Gasteiger partial charge in [0.15, 0.2) is 0 Å². The van der Waals surface area contributed by atoms with Crippen molar-refractivity contribution in [3.8, 4) is 0 Å². The molecule has 0 spiro atoms. The van der Waals surface area contributed by atoms with Crippen LogP contribution in [0.25, 0.3) is 0 Å². The number of rotatable bonds is 3. The van der Waals surface area contributed by atoms with Crippen LogP contribution in [-0.2, 0) is 14.6 Å². The molecule has 1 N–H and O–H groups in total. The number of carbonyl (C=O) groups excluding carboxylic acids is 1. The minimum atomic E-state index is -3.80. The molecule has 2 heterocycles. The van der Waals surface area contributed by atoms with Crippen molar-refractivity contribution in [2.75, 3.05) is 5.32 Å². The highest BCUT2D eigenvalue weighted by Crippen LogP contribution is 2.47. The first-order valence-electron chi connectivity index (χ1n) is 8.45. The Balaban J connectivity index is 1.84. The number of carbonyl (C=O) groups is 1. The highest BCUT2D eigenvalue weighted by atomic mass is 35.5. The zero-order valence-corrected chi connectivity index (χ0v) is 17.1. The molecule has 1 aromatic heterocycles. The lowest BCUT2D eigenvalue weighted by molar-refractivity contribution is -0.116. The van der Waals surface area contributed by atoms with Crippen LogP contribution < -0.4 is 5.32 Å². The molecule has 0 radical (unpaired) electrons. The van der Waals surface area contributed by atoms with E-state index < -0.39 is 21.6 Å². The SMILES string of the molecule is Cc1ccc(S(=O)(=O)c2csc3c2NC(=O)C[C@@H]3c2ccc(F)cc2Cl)cc1. The van der Waals surface area contributed by atoms with Crippen LogP contribution in [0.4, 0.5) is 10.1 Å². The van der Waals surface area contributed by atoms with Crippen LogP contribution in [-0.4, -0.2) is 14.3 Å². The first-order chi connectivity index (χ1) is 13.3. The quantitative estimate of drug-likeness (QED) is 0.618. The Labute approximate surface area is 170 Å².